The number of nitrogens with zero attached hydrogens (tertiary/aromatic N) is 3. The van der Waals surface area contributed by atoms with E-state index in [1.165, 1.54) is 10.7 Å². The molecule has 7 heteroatoms. The van der Waals surface area contributed by atoms with Crippen molar-refractivity contribution in [1.82, 2.24) is 15.1 Å². The van der Waals surface area contributed by atoms with E-state index in [4.69, 9.17) is 0 Å². The Bertz CT molecular complexity index is 922. The van der Waals surface area contributed by atoms with Crippen LogP contribution in [-0.4, -0.2) is 35.3 Å². The molecule has 1 aliphatic heterocycles. The van der Waals surface area contributed by atoms with Gasteiger partial charge in [-0.1, -0.05) is 18.2 Å². The number of anilines is 1. The van der Waals surface area contributed by atoms with E-state index < -0.39 is 5.41 Å². The summed E-state index contributed by atoms with van der Waals surface area (Å²) in [6.45, 7) is 2.15. The van der Waals surface area contributed by atoms with Crippen LogP contribution in [0.25, 0.3) is 0 Å². The monoisotopic (exact) mass is 370 g/mol. The van der Waals surface area contributed by atoms with Crippen molar-refractivity contribution >= 4 is 11.6 Å². The Morgan fingerprint density at radius 2 is 2.15 bits per heavy atom. The van der Waals surface area contributed by atoms with Crippen LogP contribution >= 0.6 is 0 Å². The van der Waals surface area contributed by atoms with Gasteiger partial charge in [0.15, 0.2) is 0 Å². The summed E-state index contributed by atoms with van der Waals surface area (Å²) in [5.74, 6) is -0.0916. The molecule has 27 heavy (non-hydrogen) atoms. The van der Waals surface area contributed by atoms with Crippen LogP contribution in [-0.2, 0) is 17.3 Å². The number of hydrogen-bond donors (Lipinski definition) is 1. The van der Waals surface area contributed by atoms with Crippen molar-refractivity contribution in [2.45, 2.75) is 24.7 Å². The average molecular weight is 370 g/mol. The highest BCUT2D eigenvalue weighted by atomic mass is 19.1. The summed E-state index contributed by atoms with van der Waals surface area (Å²) < 4.78 is 15.4. The molecule has 2 aromatic rings. The molecule has 0 bridgehead atoms. The van der Waals surface area contributed by atoms with Gasteiger partial charge in [-0.2, -0.15) is 5.10 Å². The molecular weight excluding hydrogens is 347 g/mol. The highest BCUT2D eigenvalue weighted by molar-refractivity contribution is 5.91. The third-order valence-electron chi connectivity index (χ3n) is 5.73. The van der Waals surface area contributed by atoms with Crippen molar-refractivity contribution in [1.29, 1.82) is 0 Å². The molecule has 2 aliphatic rings. The fourth-order valence-corrected chi connectivity index (χ4v) is 3.87. The maximum absolute atomic E-state index is 14.1. The molecule has 0 spiro atoms. The molecule has 1 N–H and O–H groups in total. The predicted molar refractivity (Wildman–Crippen MR) is 100 cm³/mol. The Hall–Kier alpha value is -2.70. The molecule has 1 saturated heterocycles. The largest absolute Gasteiger partial charge is 0.370 e. The maximum Gasteiger partial charge on any atom is 0.268 e. The van der Waals surface area contributed by atoms with E-state index in [9.17, 15) is 14.0 Å². The van der Waals surface area contributed by atoms with Gasteiger partial charge < -0.3 is 10.2 Å². The first kappa shape index (κ1) is 17.7. The highest BCUT2D eigenvalue weighted by Crippen LogP contribution is 2.49. The second kappa shape index (κ2) is 6.79. The fourth-order valence-electron chi connectivity index (χ4n) is 3.87. The van der Waals surface area contributed by atoms with E-state index in [1.54, 1.807) is 37.5 Å². The molecule has 4 rings (SSSR count). The number of hydrogen-bond acceptors (Lipinski definition) is 4. The number of amides is 1. The van der Waals surface area contributed by atoms with E-state index in [0.717, 1.165) is 25.2 Å². The second-order valence-corrected chi connectivity index (χ2v) is 7.55. The summed E-state index contributed by atoms with van der Waals surface area (Å²) in [5.41, 5.74) is 0.489. The quantitative estimate of drug-likeness (QED) is 0.868. The zero-order chi connectivity index (χ0) is 19.0. The summed E-state index contributed by atoms with van der Waals surface area (Å²) in [5, 5.41) is 7.09. The van der Waals surface area contributed by atoms with Crippen LogP contribution in [0.1, 0.15) is 24.8 Å². The van der Waals surface area contributed by atoms with Crippen molar-refractivity contribution in [2.24, 2.45) is 13.0 Å². The third kappa shape index (κ3) is 3.34. The van der Waals surface area contributed by atoms with Crippen LogP contribution in [0.4, 0.5) is 10.1 Å². The number of nitrogens with one attached hydrogen (secondary N) is 1. The first-order valence-electron chi connectivity index (χ1n) is 9.31. The lowest BCUT2D eigenvalue weighted by Crippen LogP contribution is -2.38. The second-order valence-electron chi connectivity index (χ2n) is 7.55. The van der Waals surface area contributed by atoms with Gasteiger partial charge in [-0.25, -0.2) is 9.07 Å². The molecule has 0 radical (unpaired) electrons. The van der Waals surface area contributed by atoms with Gasteiger partial charge in [-0.15, -0.1) is 0 Å². The number of benzene rings is 1. The molecule has 1 saturated carbocycles. The van der Waals surface area contributed by atoms with E-state index in [-0.39, 0.29) is 17.3 Å². The summed E-state index contributed by atoms with van der Waals surface area (Å²) in [7, 11) is 1.62. The van der Waals surface area contributed by atoms with Gasteiger partial charge in [0.05, 0.1) is 17.3 Å². The minimum Gasteiger partial charge on any atom is -0.370 e. The van der Waals surface area contributed by atoms with E-state index in [0.29, 0.717) is 30.9 Å². The minimum atomic E-state index is -0.695. The van der Waals surface area contributed by atoms with Crippen molar-refractivity contribution in [3.05, 3.63) is 58.3 Å². The van der Waals surface area contributed by atoms with Crippen molar-refractivity contribution < 1.29 is 9.18 Å². The van der Waals surface area contributed by atoms with Gasteiger partial charge in [0.25, 0.3) is 5.56 Å². The van der Waals surface area contributed by atoms with Gasteiger partial charge >= 0.3 is 0 Å². The third-order valence-corrected chi connectivity index (χ3v) is 5.73. The lowest BCUT2D eigenvalue weighted by molar-refractivity contribution is -0.123. The van der Waals surface area contributed by atoms with E-state index in [1.807, 2.05) is 0 Å². The molecule has 142 valence electrons. The van der Waals surface area contributed by atoms with Gasteiger partial charge in [0.2, 0.25) is 5.91 Å². The van der Waals surface area contributed by atoms with Crippen LogP contribution in [0.15, 0.2) is 41.3 Å². The first-order valence-corrected chi connectivity index (χ1v) is 9.31. The topological polar surface area (TPSA) is 67.2 Å². The first-order chi connectivity index (χ1) is 13.0. The minimum absolute atomic E-state index is 0.0821. The molecule has 1 aromatic heterocycles. The molecule has 6 nitrogen and oxygen atoms in total. The summed E-state index contributed by atoms with van der Waals surface area (Å²) in [6.07, 6.45) is 4.01. The number of aromatic nitrogens is 2. The zero-order valence-corrected chi connectivity index (χ0v) is 15.3. The molecule has 1 unspecified atom stereocenters. The average Bonchev–Trinajstić information content (AvgIpc) is 3.33. The van der Waals surface area contributed by atoms with Crippen molar-refractivity contribution in [2.75, 3.05) is 24.5 Å². The predicted octanol–water partition coefficient (Wildman–Crippen LogP) is 1.59. The Kier molecular flexibility index (Phi) is 4.45. The smallest absolute Gasteiger partial charge is 0.268 e. The number of halogens is 1. The molecule has 2 fully saturated rings. The Labute approximate surface area is 157 Å². The van der Waals surface area contributed by atoms with E-state index >= 15 is 0 Å². The van der Waals surface area contributed by atoms with Gasteiger partial charge in [0, 0.05) is 38.3 Å². The lowest BCUT2D eigenvalue weighted by Gasteiger charge is -2.20. The number of carbonyl (C=O) groups is 1. The Morgan fingerprint density at radius 1 is 1.37 bits per heavy atom. The molecule has 1 aliphatic carbocycles. The van der Waals surface area contributed by atoms with Gasteiger partial charge in [0.1, 0.15) is 5.82 Å². The number of aryl methyl sites for hydroxylation is 1. The number of carbonyl (C=O) groups excluding carboxylic acids is 1. The van der Waals surface area contributed by atoms with Crippen LogP contribution in [0.5, 0.6) is 0 Å². The number of rotatable bonds is 5. The van der Waals surface area contributed by atoms with Crippen LogP contribution in [0.2, 0.25) is 0 Å². The normalized spacial score (nSPS) is 20.5. The van der Waals surface area contributed by atoms with Crippen molar-refractivity contribution in [3.63, 3.8) is 0 Å². The zero-order valence-electron chi connectivity index (χ0n) is 15.3. The molecular formula is C20H23FN4O2. The fraction of sp³-hybridized carbons (Fsp3) is 0.450. The van der Waals surface area contributed by atoms with Gasteiger partial charge in [-0.05, 0) is 31.2 Å². The summed E-state index contributed by atoms with van der Waals surface area (Å²) in [6, 6.07) is 8.13. The maximum atomic E-state index is 14.1. The van der Waals surface area contributed by atoms with Crippen LogP contribution in [0, 0.1) is 11.7 Å². The van der Waals surface area contributed by atoms with Crippen LogP contribution in [0.3, 0.4) is 0 Å². The Balaban J connectivity index is 1.36. The van der Waals surface area contributed by atoms with Gasteiger partial charge in [-0.3, -0.25) is 9.59 Å². The Morgan fingerprint density at radius 3 is 2.85 bits per heavy atom. The highest BCUT2D eigenvalue weighted by Gasteiger charge is 2.52. The SMILES string of the molecule is Cn1ncc(N2CCC(CNC(=O)C3(c4ccccc4F)CC3)C2)cc1=O. The summed E-state index contributed by atoms with van der Waals surface area (Å²) in [4.78, 5) is 26.6. The molecule has 1 aromatic carbocycles. The van der Waals surface area contributed by atoms with E-state index in [2.05, 4.69) is 15.3 Å². The lowest BCUT2D eigenvalue weighted by atomic mass is 9.94. The van der Waals surface area contributed by atoms with Crippen molar-refractivity contribution in [3.8, 4) is 0 Å². The summed E-state index contributed by atoms with van der Waals surface area (Å²) >= 11 is 0. The molecule has 1 amide bonds. The molecule has 2 heterocycles. The molecule has 1 atom stereocenters. The van der Waals surface area contributed by atoms with Crippen LogP contribution < -0.4 is 15.8 Å². The standard InChI is InChI=1S/C20H23FN4O2/c1-24-18(26)10-15(12-23-24)25-9-6-14(13-25)11-22-19(27)20(7-8-20)16-4-2-3-5-17(16)21/h2-5,10,12,14H,6-9,11,13H2,1H3,(H,22,27).